The van der Waals surface area contributed by atoms with Crippen LogP contribution in [0.3, 0.4) is 0 Å². The molecule has 7 nitrogen and oxygen atoms in total. The number of carboxylic acids is 1. The lowest BCUT2D eigenvalue weighted by molar-refractivity contribution is -0.170. The number of carboxylic acid groups (broad SMARTS) is 1. The molecule has 2 aliphatic rings. The minimum atomic E-state index is -1.17. The van der Waals surface area contributed by atoms with Gasteiger partial charge in [-0.15, -0.1) is 0 Å². The number of aryl methyl sites for hydroxylation is 1. The highest BCUT2D eigenvalue weighted by Crippen LogP contribution is 2.46. The number of hydrogen-bond donors (Lipinski definition) is 2. The van der Waals surface area contributed by atoms with E-state index in [9.17, 15) is 14.3 Å². The summed E-state index contributed by atoms with van der Waals surface area (Å²) in [5.41, 5.74) is 4.73. The van der Waals surface area contributed by atoms with E-state index in [1.165, 1.54) is 17.3 Å². The molecule has 2 N–H and O–H groups in total. The third kappa shape index (κ3) is 3.71. The summed E-state index contributed by atoms with van der Waals surface area (Å²) in [5, 5.41) is 19.1. The molecule has 2 fully saturated rings. The number of carbonyl (C=O) groups is 1. The van der Waals surface area contributed by atoms with Gasteiger partial charge in [0, 0.05) is 47.2 Å². The van der Waals surface area contributed by atoms with Crippen molar-refractivity contribution in [1.82, 2.24) is 14.8 Å². The molecule has 4 aromatic rings. The Morgan fingerprint density at radius 2 is 2.00 bits per heavy atom. The summed E-state index contributed by atoms with van der Waals surface area (Å²) in [6, 6.07) is 9.56. The van der Waals surface area contributed by atoms with Gasteiger partial charge in [-0.1, -0.05) is 0 Å². The maximum Gasteiger partial charge on any atom is 0.335 e. The lowest BCUT2D eigenvalue weighted by Gasteiger charge is -2.35. The molecule has 0 radical (unpaired) electrons. The predicted octanol–water partition coefficient (Wildman–Crippen LogP) is 5.59. The molecule has 0 bridgehead atoms. The molecule has 4 heterocycles. The lowest BCUT2D eigenvalue weighted by atomic mass is 9.82. The van der Waals surface area contributed by atoms with Crippen LogP contribution in [0.4, 0.5) is 4.39 Å². The summed E-state index contributed by atoms with van der Waals surface area (Å²) in [6.45, 7) is 5.16. The third-order valence-electron chi connectivity index (χ3n) is 8.05. The second-order valence-electron chi connectivity index (χ2n) is 10.4. The van der Waals surface area contributed by atoms with Crippen LogP contribution in [-0.2, 0) is 14.3 Å². The van der Waals surface area contributed by atoms with Gasteiger partial charge in [0.05, 0.1) is 23.8 Å². The van der Waals surface area contributed by atoms with E-state index in [0.717, 1.165) is 40.3 Å². The van der Waals surface area contributed by atoms with E-state index < -0.39 is 11.6 Å². The zero-order valence-electron chi connectivity index (χ0n) is 20.5. The Morgan fingerprint density at radius 3 is 2.69 bits per heavy atom. The van der Waals surface area contributed by atoms with E-state index in [0.29, 0.717) is 38.2 Å². The van der Waals surface area contributed by atoms with Crippen LogP contribution in [0.15, 0.2) is 36.5 Å². The number of nitrogens with one attached hydrogen (secondary N) is 1. The van der Waals surface area contributed by atoms with Crippen LogP contribution in [0.5, 0.6) is 0 Å². The highest BCUT2D eigenvalue weighted by Gasteiger charge is 2.41. The molecule has 2 atom stereocenters. The van der Waals surface area contributed by atoms with Crippen LogP contribution < -0.4 is 0 Å². The quantitative estimate of drug-likeness (QED) is 0.389. The van der Waals surface area contributed by atoms with Crippen LogP contribution in [0.1, 0.15) is 61.3 Å². The Labute approximate surface area is 208 Å². The molecule has 6 rings (SSSR count). The molecule has 0 unspecified atom stereocenters. The summed E-state index contributed by atoms with van der Waals surface area (Å²) in [6.07, 6.45) is 4.75. The number of aromatic amines is 1. The molecule has 0 saturated carbocycles. The molecular weight excluding hydrogens is 461 g/mol. The van der Waals surface area contributed by atoms with Crippen molar-refractivity contribution in [3.05, 3.63) is 59.2 Å². The predicted molar refractivity (Wildman–Crippen MR) is 134 cm³/mol. The normalized spacial score (nSPS) is 23.5. The Kier molecular flexibility index (Phi) is 5.61. The Bertz CT molecular complexity index is 1460. The highest BCUT2D eigenvalue weighted by molar-refractivity contribution is 5.99. The number of aliphatic carboxylic acids is 1. The SMILES string of the molecule is Cc1cc(-n2c(C3CCOCC3)c([C@H]3CC[C@](C)(C(=O)O)OC3)c3cc4[nH]ncc4cc32)ccc1F. The fourth-order valence-electron chi connectivity index (χ4n) is 5.90. The molecule has 0 aliphatic carbocycles. The van der Waals surface area contributed by atoms with Gasteiger partial charge in [0.15, 0.2) is 5.60 Å². The molecular formula is C28H30FN3O4. The van der Waals surface area contributed by atoms with E-state index in [2.05, 4.69) is 26.9 Å². The average molecular weight is 492 g/mol. The first kappa shape index (κ1) is 23.2. The molecule has 2 aromatic carbocycles. The number of benzene rings is 2. The number of ether oxygens (including phenoxy) is 2. The first-order chi connectivity index (χ1) is 17.4. The summed E-state index contributed by atoms with van der Waals surface area (Å²) in [5.74, 6) is -0.848. The minimum Gasteiger partial charge on any atom is -0.479 e. The van der Waals surface area contributed by atoms with Crippen molar-refractivity contribution in [3.8, 4) is 5.69 Å². The second kappa shape index (κ2) is 8.71. The van der Waals surface area contributed by atoms with E-state index in [1.807, 2.05) is 18.3 Å². The number of nitrogens with zero attached hydrogens (tertiary/aromatic N) is 2. The Balaban J connectivity index is 1.61. The number of H-pyrrole nitrogens is 1. The van der Waals surface area contributed by atoms with E-state index >= 15 is 0 Å². The second-order valence-corrected chi connectivity index (χ2v) is 10.4. The van der Waals surface area contributed by atoms with Crippen molar-refractivity contribution < 1.29 is 23.8 Å². The zero-order chi connectivity index (χ0) is 25.0. The molecule has 188 valence electrons. The van der Waals surface area contributed by atoms with Gasteiger partial charge in [-0.05, 0) is 81.0 Å². The first-order valence-corrected chi connectivity index (χ1v) is 12.6. The first-order valence-electron chi connectivity index (χ1n) is 12.6. The lowest BCUT2D eigenvalue weighted by Crippen LogP contribution is -2.43. The maximum absolute atomic E-state index is 14.3. The molecule has 0 spiro atoms. The Hall–Kier alpha value is -3.23. The van der Waals surface area contributed by atoms with Gasteiger partial charge in [0.1, 0.15) is 5.82 Å². The minimum absolute atomic E-state index is 0.0425. The van der Waals surface area contributed by atoms with Gasteiger partial charge in [0.25, 0.3) is 0 Å². The number of aromatic nitrogens is 3. The number of rotatable bonds is 4. The van der Waals surface area contributed by atoms with Gasteiger partial charge in [-0.3, -0.25) is 5.10 Å². The van der Waals surface area contributed by atoms with Gasteiger partial charge in [-0.25, -0.2) is 9.18 Å². The van der Waals surface area contributed by atoms with Gasteiger partial charge < -0.3 is 19.1 Å². The average Bonchev–Trinajstić information content (AvgIpc) is 3.47. The number of halogens is 1. The van der Waals surface area contributed by atoms with Crippen molar-refractivity contribution in [3.63, 3.8) is 0 Å². The molecule has 0 amide bonds. The summed E-state index contributed by atoms with van der Waals surface area (Å²) in [7, 11) is 0. The molecule has 8 heteroatoms. The fraction of sp³-hybridized carbons (Fsp3) is 0.429. The third-order valence-corrected chi connectivity index (χ3v) is 8.05. The van der Waals surface area contributed by atoms with Crippen LogP contribution in [-0.4, -0.2) is 51.3 Å². The molecule has 2 aromatic heterocycles. The maximum atomic E-state index is 14.3. The smallest absolute Gasteiger partial charge is 0.335 e. The zero-order valence-corrected chi connectivity index (χ0v) is 20.5. The van der Waals surface area contributed by atoms with Gasteiger partial charge >= 0.3 is 5.97 Å². The largest absolute Gasteiger partial charge is 0.479 e. The van der Waals surface area contributed by atoms with Crippen molar-refractivity contribution in [2.24, 2.45) is 0 Å². The van der Waals surface area contributed by atoms with E-state index in [-0.39, 0.29) is 17.7 Å². The fourth-order valence-corrected chi connectivity index (χ4v) is 5.90. The summed E-state index contributed by atoms with van der Waals surface area (Å²) >= 11 is 0. The van der Waals surface area contributed by atoms with Crippen LogP contribution in [0.2, 0.25) is 0 Å². The molecule has 2 aliphatic heterocycles. The summed E-state index contributed by atoms with van der Waals surface area (Å²) in [4.78, 5) is 11.8. The van der Waals surface area contributed by atoms with Gasteiger partial charge in [0.2, 0.25) is 0 Å². The van der Waals surface area contributed by atoms with Crippen molar-refractivity contribution in [1.29, 1.82) is 0 Å². The molecule has 36 heavy (non-hydrogen) atoms. The highest BCUT2D eigenvalue weighted by atomic mass is 19.1. The monoisotopic (exact) mass is 491 g/mol. The van der Waals surface area contributed by atoms with Crippen LogP contribution in [0.25, 0.3) is 27.5 Å². The topological polar surface area (TPSA) is 89.4 Å². The van der Waals surface area contributed by atoms with Crippen molar-refractivity contribution in [2.45, 2.75) is 57.0 Å². The van der Waals surface area contributed by atoms with Crippen molar-refractivity contribution >= 4 is 27.8 Å². The summed E-state index contributed by atoms with van der Waals surface area (Å²) < 4.78 is 28.3. The van der Waals surface area contributed by atoms with E-state index in [1.54, 1.807) is 13.8 Å². The van der Waals surface area contributed by atoms with Gasteiger partial charge in [-0.2, -0.15) is 5.10 Å². The standard InChI is InChI=1S/C28H30FN3O4/c1-16-11-20(3-4-22(16)29)32-24-12-19-14-30-31-23(19)13-21(24)25(26(32)17-6-9-35-10-7-17)18-5-8-28(2,27(33)34)36-15-18/h3-4,11-14,17-18H,5-10,15H2,1-2H3,(H,30,31)(H,33,34)/t18-,28+/m0/s1. The van der Waals surface area contributed by atoms with Crippen LogP contribution >= 0.6 is 0 Å². The number of hydrogen-bond acceptors (Lipinski definition) is 4. The van der Waals surface area contributed by atoms with E-state index in [4.69, 9.17) is 9.47 Å². The molecule has 2 saturated heterocycles. The Morgan fingerprint density at radius 1 is 1.19 bits per heavy atom. The van der Waals surface area contributed by atoms with Crippen LogP contribution in [0, 0.1) is 12.7 Å². The van der Waals surface area contributed by atoms with Crippen molar-refractivity contribution in [2.75, 3.05) is 19.8 Å². The number of fused-ring (bicyclic) bond motifs is 2.